The van der Waals surface area contributed by atoms with Gasteiger partial charge in [-0.15, -0.1) is 0 Å². The Kier molecular flexibility index (Phi) is 5.77. The second-order valence-corrected chi connectivity index (χ2v) is 7.67. The Morgan fingerprint density at radius 2 is 1.34 bits per heavy atom. The van der Waals surface area contributed by atoms with Crippen LogP contribution in [0.2, 0.25) is 0 Å². The molecule has 29 heavy (non-hydrogen) atoms. The number of hydrogen-bond acceptors (Lipinski definition) is 5. The molecule has 0 fully saturated rings. The Morgan fingerprint density at radius 1 is 0.828 bits per heavy atom. The average Bonchev–Trinajstić information content (AvgIpc) is 2.76. The van der Waals surface area contributed by atoms with Crippen molar-refractivity contribution in [2.75, 3.05) is 5.73 Å². The molecule has 4 rings (SSSR count). The molecule has 0 unspecified atom stereocenters. The van der Waals surface area contributed by atoms with E-state index in [-0.39, 0.29) is 21.9 Å². The number of aromatic nitrogens is 1. The minimum absolute atomic E-state index is 0.0626. The van der Waals surface area contributed by atoms with Gasteiger partial charge in [-0.1, -0.05) is 103 Å². The lowest BCUT2D eigenvalue weighted by molar-refractivity contribution is 0.430. The summed E-state index contributed by atoms with van der Waals surface area (Å²) >= 11 is 1.38. The number of benzene rings is 3. The monoisotopic (exact) mass is 400 g/mol. The van der Waals surface area contributed by atoms with Crippen molar-refractivity contribution >= 4 is 17.6 Å². The summed E-state index contributed by atoms with van der Waals surface area (Å²) in [5, 5.41) is 0.203. The van der Waals surface area contributed by atoms with E-state index in [2.05, 4.69) is 29.2 Å². The van der Waals surface area contributed by atoms with Crippen LogP contribution in [0, 0.1) is 0 Å². The number of nitrogen functional groups attached to an aromatic ring is 1. The van der Waals surface area contributed by atoms with Crippen molar-refractivity contribution in [1.82, 2.24) is 4.98 Å². The van der Waals surface area contributed by atoms with E-state index in [0.717, 1.165) is 16.7 Å². The van der Waals surface area contributed by atoms with Gasteiger partial charge >= 0.3 is 0 Å². The van der Waals surface area contributed by atoms with E-state index in [1.807, 2.05) is 66.7 Å². The van der Waals surface area contributed by atoms with Gasteiger partial charge < -0.3 is 10.2 Å². The predicted octanol–water partition coefficient (Wildman–Crippen LogP) is 5.09. The minimum atomic E-state index is -0.347. The quantitative estimate of drug-likeness (QED) is 0.457. The summed E-state index contributed by atoms with van der Waals surface area (Å²) in [6.45, 7) is 0. The zero-order valence-electron chi connectivity index (χ0n) is 15.7. The van der Waals surface area contributed by atoms with Gasteiger partial charge in [-0.05, 0) is 16.7 Å². The van der Waals surface area contributed by atoms with E-state index in [9.17, 15) is 4.79 Å². The smallest absolute Gasteiger partial charge is 0.282 e. The van der Waals surface area contributed by atoms with Crippen molar-refractivity contribution in [3.05, 3.63) is 124 Å². The lowest BCUT2D eigenvalue weighted by Crippen LogP contribution is -2.16. The molecule has 0 spiro atoms. The molecule has 4 nitrogen and oxygen atoms in total. The van der Waals surface area contributed by atoms with Gasteiger partial charge in [0.15, 0.2) is 0 Å². The van der Waals surface area contributed by atoms with E-state index in [4.69, 9.17) is 10.2 Å². The Morgan fingerprint density at radius 3 is 1.86 bits per heavy atom. The number of thioether (sulfide) groups is 1. The molecular formula is C24H20N2O2S. The third kappa shape index (κ3) is 4.58. The standard InChI is InChI=1S/C24H20N2O2S/c25-22-20(16-17-10-4-1-5-11-17)23(27)26-24(28-22)29-21(18-12-6-2-7-13-18)19-14-8-3-9-15-19/h1-15,21H,16,25H2. The summed E-state index contributed by atoms with van der Waals surface area (Å²) in [6.07, 6.45) is 0.397. The number of rotatable bonds is 6. The molecule has 0 saturated heterocycles. The second-order valence-electron chi connectivity index (χ2n) is 6.61. The van der Waals surface area contributed by atoms with Gasteiger partial charge in [0.25, 0.3) is 10.8 Å². The van der Waals surface area contributed by atoms with Crippen LogP contribution in [-0.4, -0.2) is 4.98 Å². The van der Waals surface area contributed by atoms with E-state index < -0.39 is 0 Å². The molecule has 0 amide bonds. The van der Waals surface area contributed by atoms with Crippen molar-refractivity contribution in [2.45, 2.75) is 16.9 Å². The number of nitrogens with two attached hydrogens (primary N) is 1. The van der Waals surface area contributed by atoms with Crippen molar-refractivity contribution in [3.63, 3.8) is 0 Å². The first-order valence-electron chi connectivity index (χ1n) is 9.30. The van der Waals surface area contributed by atoms with Crippen molar-refractivity contribution in [3.8, 4) is 0 Å². The maximum absolute atomic E-state index is 12.7. The molecule has 0 aliphatic rings. The van der Waals surface area contributed by atoms with Crippen molar-refractivity contribution in [2.24, 2.45) is 0 Å². The molecule has 144 valence electrons. The fourth-order valence-corrected chi connectivity index (χ4v) is 4.19. The van der Waals surface area contributed by atoms with Gasteiger partial charge in [0.2, 0.25) is 5.88 Å². The largest absolute Gasteiger partial charge is 0.417 e. The Hall–Kier alpha value is -3.31. The van der Waals surface area contributed by atoms with E-state index in [1.165, 1.54) is 11.8 Å². The van der Waals surface area contributed by atoms with Crippen LogP contribution < -0.4 is 11.3 Å². The normalized spacial score (nSPS) is 10.9. The van der Waals surface area contributed by atoms with Crippen LogP contribution in [0.5, 0.6) is 0 Å². The highest BCUT2D eigenvalue weighted by Crippen LogP contribution is 2.39. The van der Waals surface area contributed by atoms with Crippen LogP contribution in [0.4, 0.5) is 5.88 Å². The lowest BCUT2D eigenvalue weighted by Gasteiger charge is -2.16. The summed E-state index contributed by atoms with van der Waals surface area (Å²) in [5.74, 6) is 0.122. The van der Waals surface area contributed by atoms with Gasteiger partial charge in [-0.25, -0.2) is 0 Å². The number of hydrogen-bond donors (Lipinski definition) is 1. The average molecular weight is 401 g/mol. The topological polar surface area (TPSA) is 69.1 Å². The molecule has 0 aliphatic carbocycles. The summed E-state index contributed by atoms with van der Waals surface area (Å²) < 4.78 is 5.76. The van der Waals surface area contributed by atoms with E-state index in [1.54, 1.807) is 0 Å². The van der Waals surface area contributed by atoms with Crippen LogP contribution in [0.1, 0.15) is 27.5 Å². The maximum Gasteiger partial charge on any atom is 0.282 e. The predicted molar refractivity (Wildman–Crippen MR) is 117 cm³/mol. The van der Waals surface area contributed by atoms with Crippen LogP contribution in [0.3, 0.4) is 0 Å². The number of anilines is 1. The van der Waals surface area contributed by atoms with Gasteiger partial charge in [0.1, 0.15) is 0 Å². The molecule has 0 atom stereocenters. The van der Waals surface area contributed by atoms with Crippen LogP contribution in [-0.2, 0) is 6.42 Å². The van der Waals surface area contributed by atoms with Crippen LogP contribution >= 0.6 is 11.8 Å². The summed E-state index contributed by atoms with van der Waals surface area (Å²) in [7, 11) is 0. The summed E-state index contributed by atoms with van der Waals surface area (Å²) in [6, 6.07) is 29.8. The summed E-state index contributed by atoms with van der Waals surface area (Å²) in [4.78, 5) is 16.8. The minimum Gasteiger partial charge on any atom is -0.417 e. The first-order chi connectivity index (χ1) is 14.2. The Balaban J connectivity index is 1.66. The molecule has 4 aromatic rings. The molecule has 1 aromatic heterocycles. The van der Waals surface area contributed by atoms with Gasteiger partial charge in [-0.2, -0.15) is 4.98 Å². The SMILES string of the molecule is Nc1oc(SC(c2ccccc2)c2ccccc2)nc(=O)c1Cc1ccccc1. The highest BCUT2D eigenvalue weighted by Gasteiger charge is 2.20. The second kappa shape index (κ2) is 8.80. The zero-order valence-corrected chi connectivity index (χ0v) is 16.5. The third-order valence-corrected chi connectivity index (χ3v) is 5.75. The highest BCUT2D eigenvalue weighted by atomic mass is 32.2. The molecule has 5 heteroatoms. The zero-order chi connectivity index (χ0) is 20.1. The Bertz CT molecular complexity index is 1090. The first kappa shape index (κ1) is 19.0. The third-order valence-electron chi connectivity index (χ3n) is 4.59. The van der Waals surface area contributed by atoms with Crippen molar-refractivity contribution < 1.29 is 4.42 Å². The molecule has 0 bridgehead atoms. The van der Waals surface area contributed by atoms with E-state index >= 15 is 0 Å². The maximum atomic E-state index is 12.7. The molecule has 3 aromatic carbocycles. The van der Waals surface area contributed by atoms with Crippen LogP contribution in [0.25, 0.3) is 0 Å². The van der Waals surface area contributed by atoms with Gasteiger partial charge in [0.05, 0.1) is 10.8 Å². The molecule has 0 saturated carbocycles. The first-order valence-corrected chi connectivity index (χ1v) is 10.2. The molecule has 0 aliphatic heterocycles. The highest BCUT2D eigenvalue weighted by molar-refractivity contribution is 7.99. The van der Waals surface area contributed by atoms with Gasteiger partial charge in [0, 0.05) is 6.42 Å². The van der Waals surface area contributed by atoms with Crippen molar-refractivity contribution in [1.29, 1.82) is 0 Å². The van der Waals surface area contributed by atoms with Crippen LogP contribution in [0.15, 0.2) is 105 Å². The van der Waals surface area contributed by atoms with Gasteiger partial charge in [-0.3, -0.25) is 4.79 Å². The fraction of sp³-hybridized carbons (Fsp3) is 0.0833. The Labute approximate surface area is 173 Å². The fourth-order valence-electron chi connectivity index (χ4n) is 3.13. The van der Waals surface area contributed by atoms with E-state index in [0.29, 0.717) is 12.0 Å². The summed E-state index contributed by atoms with van der Waals surface area (Å²) in [5.41, 5.74) is 9.32. The number of nitrogens with zero attached hydrogens (tertiary/aromatic N) is 1. The molecule has 0 radical (unpaired) electrons. The molecule has 1 heterocycles. The molecule has 2 N–H and O–H groups in total. The molecular weight excluding hydrogens is 380 g/mol. The lowest BCUT2D eigenvalue weighted by atomic mass is 10.0.